The molecule has 4 N–H and O–H groups in total. The predicted molar refractivity (Wildman–Crippen MR) is 145 cm³/mol. The Hall–Kier alpha value is -3.89. The lowest BCUT2D eigenvalue weighted by Crippen LogP contribution is -2.34. The lowest BCUT2D eigenvalue weighted by molar-refractivity contribution is 0.0994. The van der Waals surface area contributed by atoms with Crippen molar-refractivity contribution in [1.82, 2.24) is 9.78 Å². The number of anilines is 3. The number of nitrogens with zero attached hydrogens (tertiary/aromatic N) is 3. The summed E-state index contributed by atoms with van der Waals surface area (Å²) < 4.78 is 28.0. The van der Waals surface area contributed by atoms with Crippen molar-refractivity contribution in [3.8, 4) is 5.69 Å². The van der Waals surface area contributed by atoms with Gasteiger partial charge >= 0.3 is 0 Å². The van der Waals surface area contributed by atoms with Crippen LogP contribution in [0.15, 0.2) is 66.7 Å². The van der Waals surface area contributed by atoms with Crippen LogP contribution >= 0.6 is 0 Å². The average Bonchev–Trinajstić information content (AvgIpc) is 3.49. The molecule has 1 fully saturated rings. The van der Waals surface area contributed by atoms with E-state index >= 15 is 0 Å². The van der Waals surface area contributed by atoms with Crippen molar-refractivity contribution in [3.63, 3.8) is 0 Å². The van der Waals surface area contributed by atoms with Crippen molar-refractivity contribution in [1.29, 1.82) is 0 Å². The maximum Gasteiger partial charge on any atom is 0.268 e. The summed E-state index contributed by atoms with van der Waals surface area (Å²) in [5, 5.41) is 18.1. The Morgan fingerprint density at radius 1 is 1.11 bits per heavy atom. The van der Waals surface area contributed by atoms with E-state index in [1.165, 1.54) is 8.99 Å². The summed E-state index contributed by atoms with van der Waals surface area (Å²) in [6, 6.07) is 20.7. The molecule has 4 aromatic rings. The van der Waals surface area contributed by atoms with E-state index < -0.39 is 15.9 Å². The Balaban J connectivity index is 1.64. The molecule has 1 saturated carbocycles. The molecule has 0 radical (unpaired) electrons. The van der Waals surface area contributed by atoms with Crippen LogP contribution in [0.2, 0.25) is 0 Å². The molecule has 9 nitrogen and oxygen atoms in total. The van der Waals surface area contributed by atoms with E-state index in [1.54, 1.807) is 6.07 Å². The molecule has 1 heterocycles. The number of aromatic nitrogens is 2. The van der Waals surface area contributed by atoms with Gasteiger partial charge in [0.1, 0.15) is 5.69 Å². The molecule has 0 aliphatic heterocycles. The van der Waals surface area contributed by atoms with E-state index in [4.69, 9.17) is 5.73 Å². The van der Waals surface area contributed by atoms with Gasteiger partial charge in [0.25, 0.3) is 5.91 Å². The molecule has 5 rings (SSSR count). The van der Waals surface area contributed by atoms with Gasteiger partial charge in [0, 0.05) is 16.8 Å². The van der Waals surface area contributed by atoms with E-state index in [2.05, 4.69) is 17.3 Å². The summed E-state index contributed by atoms with van der Waals surface area (Å²) in [6.07, 6.45) is 2.89. The van der Waals surface area contributed by atoms with Crippen molar-refractivity contribution >= 4 is 43.9 Å². The number of aliphatic hydroxyl groups is 1. The number of amides is 1. The van der Waals surface area contributed by atoms with Gasteiger partial charge in [-0.3, -0.25) is 9.10 Å². The summed E-state index contributed by atoms with van der Waals surface area (Å²) in [5.41, 5.74) is 9.98. The predicted octanol–water partition coefficient (Wildman–Crippen LogP) is 3.68. The van der Waals surface area contributed by atoms with Gasteiger partial charge in [-0.05, 0) is 72.4 Å². The topological polar surface area (TPSA) is 131 Å². The maximum atomic E-state index is 12.6. The van der Waals surface area contributed by atoms with Crippen LogP contribution in [0.4, 0.5) is 17.1 Å². The smallest absolute Gasteiger partial charge is 0.268 e. The van der Waals surface area contributed by atoms with E-state index in [1.807, 2.05) is 60.7 Å². The third-order valence-electron chi connectivity index (χ3n) is 6.82. The molecule has 10 heteroatoms. The minimum Gasteiger partial charge on any atom is -0.394 e. The second-order valence-corrected chi connectivity index (χ2v) is 11.6. The zero-order chi connectivity index (χ0) is 26.4. The number of para-hydroxylation sites is 1. The molecule has 37 heavy (non-hydrogen) atoms. The first-order chi connectivity index (χ1) is 17.6. The Kier molecular flexibility index (Phi) is 6.17. The second kappa shape index (κ2) is 9.20. The highest BCUT2D eigenvalue weighted by molar-refractivity contribution is 7.92. The quantitative estimate of drug-likeness (QED) is 0.309. The van der Waals surface area contributed by atoms with Crippen LogP contribution in [-0.2, 0) is 15.4 Å². The fourth-order valence-corrected chi connectivity index (χ4v) is 5.54. The van der Waals surface area contributed by atoms with Gasteiger partial charge in [0.2, 0.25) is 10.0 Å². The molecule has 0 spiro atoms. The first kappa shape index (κ1) is 24.8. The van der Waals surface area contributed by atoms with E-state index in [0.717, 1.165) is 36.0 Å². The molecule has 0 unspecified atom stereocenters. The van der Waals surface area contributed by atoms with Gasteiger partial charge in [0.05, 0.1) is 36.3 Å². The zero-order valence-electron chi connectivity index (χ0n) is 20.7. The highest BCUT2D eigenvalue weighted by Crippen LogP contribution is 2.52. The molecule has 3 aromatic carbocycles. The summed E-state index contributed by atoms with van der Waals surface area (Å²) in [5.74, 6) is -0.635. The number of nitrogens with two attached hydrogens (primary N) is 1. The highest BCUT2D eigenvalue weighted by atomic mass is 32.2. The van der Waals surface area contributed by atoms with Gasteiger partial charge in [-0.15, -0.1) is 0 Å². The number of primary amides is 1. The third kappa shape index (κ3) is 4.77. The Morgan fingerprint density at radius 3 is 2.32 bits per heavy atom. The fourth-order valence-electron chi connectivity index (χ4n) is 4.62. The molecule has 1 amide bonds. The Morgan fingerprint density at radius 2 is 1.76 bits per heavy atom. The maximum absolute atomic E-state index is 12.6. The van der Waals surface area contributed by atoms with Crippen LogP contribution in [-0.4, -0.2) is 48.6 Å². The fraction of sp³-hybridized carbons (Fsp3) is 0.259. The number of rotatable bonds is 9. The van der Waals surface area contributed by atoms with Gasteiger partial charge in [-0.1, -0.05) is 25.1 Å². The number of benzene rings is 3. The molecule has 192 valence electrons. The largest absolute Gasteiger partial charge is 0.394 e. The first-order valence-electron chi connectivity index (χ1n) is 12.0. The van der Waals surface area contributed by atoms with Crippen LogP contribution in [0.25, 0.3) is 16.6 Å². The standard InChI is InChI=1S/C27H29N5O4S/c1-27(12-13-27)22-16-21-23(17-24(22)31(14-15-33)37(2,35)36)30-32(25(21)26(28)34)20-10-8-19(9-11-20)29-18-6-4-3-5-7-18/h3-11,16-17,29,33H,12-15H2,1-2H3,(H2,28,34). The van der Waals surface area contributed by atoms with Crippen molar-refractivity contribution < 1.29 is 18.3 Å². The number of hydrogen-bond donors (Lipinski definition) is 3. The van der Waals surface area contributed by atoms with Crippen LogP contribution < -0.4 is 15.4 Å². The van der Waals surface area contributed by atoms with Gasteiger partial charge < -0.3 is 16.2 Å². The second-order valence-electron chi connectivity index (χ2n) is 9.67. The number of aliphatic hydroxyl groups excluding tert-OH is 1. The normalized spacial score (nSPS) is 14.5. The van der Waals surface area contributed by atoms with Crippen LogP contribution in [0, 0.1) is 0 Å². The number of sulfonamides is 1. The van der Waals surface area contributed by atoms with E-state index in [0.29, 0.717) is 22.3 Å². The lowest BCUT2D eigenvalue weighted by atomic mass is 9.94. The SMILES string of the molecule is CC1(c2cc3c(C(N)=O)n(-c4ccc(Nc5ccccc5)cc4)nc3cc2N(CCO)S(C)(=O)=O)CC1. The Bertz CT molecular complexity index is 1580. The number of carbonyl (C=O) groups excluding carboxylic acids is 1. The van der Waals surface area contributed by atoms with Gasteiger partial charge in [0.15, 0.2) is 0 Å². The summed E-state index contributed by atoms with van der Waals surface area (Å²) in [6.45, 7) is 1.65. The molecular weight excluding hydrogens is 490 g/mol. The molecular formula is C27H29N5O4S. The number of fused-ring (bicyclic) bond motifs is 1. The molecule has 0 bridgehead atoms. The van der Waals surface area contributed by atoms with Crippen LogP contribution in [0.3, 0.4) is 0 Å². The summed E-state index contributed by atoms with van der Waals surface area (Å²) >= 11 is 0. The Labute approximate surface area is 215 Å². The van der Waals surface area contributed by atoms with Crippen molar-refractivity contribution in [2.75, 3.05) is 29.0 Å². The minimum atomic E-state index is -3.67. The van der Waals surface area contributed by atoms with E-state index in [9.17, 15) is 18.3 Å². The van der Waals surface area contributed by atoms with Gasteiger partial charge in [-0.25, -0.2) is 13.1 Å². The molecule has 0 saturated heterocycles. The van der Waals surface area contributed by atoms with Crippen molar-refractivity contribution in [3.05, 3.63) is 78.0 Å². The monoisotopic (exact) mass is 519 g/mol. The molecule has 0 atom stereocenters. The van der Waals surface area contributed by atoms with E-state index in [-0.39, 0.29) is 24.3 Å². The third-order valence-corrected chi connectivity index (χ3v) is 8.00. The van der Waals surface area contributed by atoms with Crippen molar-refractivity contribution in [2.45, 2.75) is 25.2 Å². The number of nitrogens with one attached hydrogen (secondary N) is 1. The lowest BCUT2D eigenvalue weighted by Gasteiger charge is -2.26. The number of hydrogen-bond acceptors (Lipinski definition) is 6. The van der Waals surface area contributed by atoms with Crippen molar-refractivity contribution in [2.24, 2.45) is 5.73 Å². The summed E-state index contributed by atoms with van der Waals surface area (Å²) in [7, 11) is -3.67. The minimum absolute atomic E-state index is 0.0767. The molecule has 1 aromatic heterocycles. The van der Waals surface area contributed by atoms with Crippen LogP contribution in [0.1, 0.15) is 35.8 Å². The highest BCUT2D eigenvalue weighted by Gasteiger charge is 2.43. The summed E-state index contributed by atoms with van der Waals surface area (Å²) in [4.78, 5) is 12.6. The average molecular weight is 520 g/mol. The first-order valence-corrected chi connectivity index (χ1v) is 13.8. The zero-order valence-corrected chi connectivity index (χ0v) is 21.5. The molecule has 1 aliphatic rings. The van der Waals surface area contributed by atoms with Crippen LogP contribution in [0.5, 0.6) is 0 Å². The van der Waals surface area contributed by atoms with Gasteiger partial charge in [-0.2, -0.15) is 5.10 Å². The number of carbonyl (C=O) groups is 1. The molecule has 1 aliphatic carbocycles.